The molecule has 0 radical (unpaired) electrons. The molecule has 2 aliphatic heterocycles. The van der Waals surface area contributed by atoms with Crippen LogP contribution in [0.1, 0.15) is 37.7 Å². The Bertz CT molecular complexity index is 993. The normalized spacial score (nSPS) is 19.0. The summed E-state index contributed by atoms with van der Waals surface area (Å²) in [6, 6.07) is 13.0. The number of aliphatic hydroxyl groups excluding tert-OH is 2. The zero-order valence-electron chi connectivity index (χ0n) is 22.0. The number of nitrogens with one attached hydrogen (secondary N) is 1. The second kappa shape index (κ2) is 16.0. The van der Waals surface area contributed by atoms with Gasteiger partial charge in [0, 0.05) is 31.8 Å². The van der Waals surface area contributed by atoms with Crippen molar-refractivity contribution in [1.29, 1.82) is 0 Å². The van der Waals surface area contributed by atoms with Crippen LogP contribution in [0.4, 0.5) is 5.69 Å². The van der Waals surface area contributed by atoms with Crippen LogP contribution < -0.4 is 15.0 Å². The van der Waals surface area contributed by atoms with Crippen LogP contribution in [-0.2, 0) is 20.9 Å². The molecule has 0 aliphatic carbocycles. The second-order valence-electron chi connectivity index (χ2n) is 9.81. The van der Waals surface area contributed by atoms with Gasteiger partial charge in [0.05, 0.1) is 24.7 Å². The Kier molecular flexibility index (Phi) is 12.4. The Balaban J connectivity index is 0.000000360. The van der Waals surface area contributed by atoms with Crippen molar-refractivity contribution in [3.63, 3.8) is 0 Å². The summed E-state index contributed by atoms with van der Waals surface area (Å²) in [5, 5.41) is 36.0. The summed E-state index contributed by atoms with van der Waals surface area (Å²) in [6.45, 7) is 5.57. The number of carbonyl (C=O) groups is 2. The minimum Gasteiger partial charge on any atom is -0.490 e. The third-order valence-corrected chi connectivity index (χ3v) is 6.88. The van der Waals surface area contributed by atoms with E-state index in [9.17, 15) is 9.59 Å². The third-order valence-electron chi connectivity index (χ3n) is 6.88. The number of hydrogen-bond acceptors (Lipinski definition) is 9. The van der Waals surface area contributed by atoms with Crippen LogP contribution in [0, 0.1) is 5.92 Å². The smallest absolute Gasteiger partial charge is 0.335 e. The number of nitrogens with zero attached hydrogens (tertiary/aromatic N) is 2. The monoisotopic (exact) mass is 545 g/mol. The molecule has 5 N–H and O–H groups in total. The largest absolute Gasteiger partial charge is 0.490 e. The fourth-order valence-electron chi connectivity index (χ4n) is 4.52. The van der Waals surface area contributed by atoms with E-state index < -0.39 is 24.1 Å². The summed E-state index contributed by atoms with van der Waals surface area (Å²) in [5.74, 6) is -1.90. The molecule has 0 amide bonds. The summed E-state index contributed by atoms with van der Waals surface area (Å²) < 4.78 is 11.8. The number of ether oxygens (including phenoxy) is 2. The molecule has 2 aromatic rings. The molecule has 11 heteroatoms. The molecule has 1 aromatic carbocycles. The van der Waals surface area contributed by atoms with Crippen LogP contribution in [0.15, 0.2) is 48.8 Å². The molecule has 3 heterocycles. The zero-order chi connectivity index (χ0) is 28.0. The lowest BCUT2D eigenvalue weighted by Crippen LogP contribution is -2.39. The molecule has 2 unspecified atom stereocenters. The Morgan fingerprint density at radius 2 is 1.72 bits per heavy atom. The van der Waals surface area contributed by atoms with Gasteiger partial charge in [0.1, 0.15) is 12.4 Å². The molecular formula is C28H39N3O8. The van der Waals surface area contributed by atoms with Crippen molar-refractivity contribution in [2.45, 2.75) is 57.0 Å². The van der Waals surface area contributed by atoms with Gasteiger partial charge in [-0.1, -0.05) is 30.3 Å². The summed E-state index contributed by atoms with van der Waals surface area (Å²) in [4.78, 5) is 26.4. The molecule has 2 fully saturated rings. The lowest BCUT2D eigenvalue weighted by molar-refractivity contribution is -0.165. The van der Waals surface area contributed by atoms with Crippen molar-refractivity contribution in [3.05, 3.63) is 54.4 Å². The number of hydrogen-bond donors (Lipinski definition) is 5. The lowest BCUT2D eigenvalue weighted by atomic mass is 9.94. The van der Waals surface area contributed by atoms with E-state index in [1.165, 1.54) is 36.9 Å². The molecule has 4 rings (SSSR count). The van der Waals surface area contributed by atoms with Crippen LogP contribution in [0.3, 0.4) is 0 Å². The maximum Gasteiger partial charge on any atom is 0.335 e. The van der Waals surface area contributed by atoms with Crippen LogP contribution >= 0.6 is 0 Å². The second-order valence-corrected chi connectivity index (χ2v) is 9.81. The average molecular weight is 546 g/mol. The van der Waals surface area contributed by atoms with Gasteiger partial charge in [-0.3, -0.25) is 4.98 Å². The van der Waals surface area contributed by atoms with Crippen LogP contribution in [0.2, 0.25) is 0 Å². The van der Waals surface area contributed by atoms with Crippen molar-refractivity contribution in [2.24, 2.45) is 5.92 Å². The van der Waals surface area contributed by atoms with Crippen molar-refractivity contribution in [3.8, 4) is 5.75 Å². The zero-order valence-corrected chi connectivity index (χ0v) is 22.0. The van der Waals surface area contributed by atoms with Crippen LogP contribution in [-0.4, -0.2) is 88.4 Å². The highest BCUT2D eigenvalue weighted by atomic mass is 16.5. The summed E-state index contributed by atoms with van der Waals surface area (Å²) in [6.07, 6.45) is 5.29. The highest BCUT2D eigenvalue weighted by molar-refractivity contribution is 5.83. The van der Waals surface area contributed by atoms with Gasteiger partial charge in [-0.2, -0.15) is 0 Å². The van der Waals surface area contributed by atoms with E-state index in [0.717, 1.165) is 50.9 Å². The Morgan fingerprint density at radius 3 is 2.33 bits per heavy atom. The molecule has 11 nitrogen and oxygen atoms in total. The molecule has 0 bridgehead atoms. The van der Waals surface area contributed by atoms with E-state index in [1.54, 1.807) is 0 Å². The molecule has 3 atom stereocenters. The van der Waals surface area contributed by atoms with Crippen molar-refractivity contribution in [2.75, 3.05) is 37.7 Å². The first-order valence-corrected chi connectivity index (χ1v) is 13.3. The first kappa shape index (κ1) is 30.3. The molecule has 2 saturated heterocycles. The molecule has 39 heavy (non-hydrogen) atoms. The minimum atomic E-state index is -2.27. The van der Waals surface area contributed by atoms with Gasteiger partial charge in [0.25, 0.3) is 0 Å². The fourth-order valence-corrected chi connectivity index (χ4v) is 4.52. The van der Waals surface area contributed by atoms with Gasteiger partial charge >= 0.3 is 11.9 Å². The van der Waals surface area contributed by atoms with Gasteiger partial charge in [-0.25, -0.2) is 9.59 Å². The number of rotatable bonds is 12. The number of piperidine rings is 1. The van der Waals surface area contributed by atoms with Gasteiger partial charge in [0.2, 0.25) is 0 Å². The van der Waals surface area contributed by atoms with E-state index in [1.807, 2.05) is 18.5 Å². The Labute approximate surface area is 228 Å². The summed E-state index contributed by atoms with van der Waals surface area (Å²) in [5.41, 5.74) is 2.43. The number of aliphatic hydroxyl groups is 2. The molecule has 214 valence electrons. The standard InChI is InChI=1S/C24H33N3O2.C4H6O6/c1-2-5-21(6-3-1)18-28-14-10-20-8-12-27(13-9-20)23-15-24(17-25-16-23)29-19-22-7-4-11-26-22;5-1(3(7)8)2(6)4(9)10/h1-3,5-6,15-17,20,22,26H,4,7-14,18-19H2;1-2,5-6H,(H,7,8)(H,9,10)/t22-;/m1./s1. The summed E-state index contributed by atoms with van der Waals surface area (Å²) >= 11 is 0. The quantitative estimate of drug-likeness (QED) is 0.248. The van der Waals surface area contributed by atoms with Gasteiger partial charge < -0.3 is 40.1 Å². The van der Waals surface area contributed by atoms with Crippen molar-refractivity contribution in [1.82, 2.24) is 10.3 Å². The van der Waals surface area contributed by atoms with E-state index in [2.05, 4.69) is 45.5 Å². The molecule has 1 aromatic heterocycles. The first-order valence-electron chi connectivity index (χ1n) is 13.3. The molecule has 2 aliphatic rings. The molecule has 0 spiro atoms. The fraction of sp³-hybridized carbons (Fsp3) is 0.536. The third kappa shape index (κ3) is 10.4. The number of benzene rings is 1. The van der Waals surface area contributed by atoms with E-state index in [0.29, 0.717) is 12.6 Å². The van der Waals surface area contributed by atoms with Crippen LogP contribution in [0.25, 0.3) is 0 Å². The van der Waals surface area contributed by atoms with Crippen molar-refractivity contribution < 1.29 is 39.5 Å². The number of carboxylic acid groups (broad SMARTS) is 2. The topological polar surface area (TPSA) is 162 Å². The lowest BCUT2D eigenvalue weighted by Gasteiger charge is -2.33. The number of pyridine rings is 1. The SMILES string of the molecule is O=C(O)C(O)C(O)C(=O)O.c1ccc(COCCC2CCN(c3cncc(OC[C@H]4CCCN4)c3)CC2)cc1. The van der Waals surface area contributed by atoms with E-state index >= 15 is 0 Å². The molecule has 0 saturated carbocycles. The Morgan fingerprint density at radius 1 is 1.03 bits per heavy atom. The van der Waals surface area contributed by atoms with Gasteiger partial charge in [-0.15, -0.1) is 0 Å². The molecular weight excluding hydrogens is 506 g/mol. The number of anilines is 1. The average Bonchev–Trinajstić information content (AvgIpc) is 3.48. The predicted octanol–water partition coefficient (Wildman–Crippen LogP) is 1.91. The van der Waals surface area contributed by atoms with Gasteiger partial charge in [0.15, 0.2) is 12.2 Å². The minimum absolute atomic E-state index is 0.485. The highest BCUT2D eigenvalue weighted by Crippen LogP contribution is 2.27. The maximum atomic E-state index is 9.77. The van der Waals surface area contributed by atoms with E-state index in [-0.39, 0.29) is 0 Å². The van der Waals surface area contributed by atoms with Crippen molar-refractivity contribution >= 4 is 17.6 Å². The van der Waals surface area contributed by atoms with Crippen LogP contribution in [0.5, 0.6) is 5.75 Å². The number of aliphatic carboxylic acids is 2. The number of carboxylic acids is 2. The first-order chi connectivity index (χ1) is 18.8. The number of aromatic nitrogens is 1. The highest BCUT2D eigenvalue weighted by Gasteiger charge is 2.29. The maximum absolute atomic E-state index is 9.77. The van der Waals surface area contributed by atoms with Gasteiger partial charge in [-0.05, 0) is 50.1 Å². The van der Waals surface area contributed by atoms with E-state index in [4.69, 9.17) is 29.9 Å². The Hall–Kier alpha value is -3.25. The summed E-state index contributed by atoms with van der Waals surface area (Å²) in [7, 11) is 0. The predicted molar refractivity (Wildman–Crippen MR) is 144 cm³/mol.